The van der Waals surface area contributed by atoms with Crippen LogP contribution < -0.4 is 5.32 Å². The number of carbonyl (C=O) groups excluding carboxylic acids is 1. The number of carbonyl (C=O) groups is 1. The molecule has 0 bridgehead atoms. The Morgan fingerprint density at radius 2 is 0.868 bits per heavy atom. The number of allylic oxidation sites excluding steroid dienone is 4. The zero-order valence-corrected chi connectivity index (χ0v) is 47.0. The summed E-state index contributed by atoms with van der Waals surface area (Å²) < 4.78 is 23.7. The molecule has 3 atom stereocenters. The first-order chi connectivity index (χ1) is 33.0. The molecule has 68 heavy (non-hydrogen) atoms. The second kappa shape index (κ2) is 50.9. The van der Waals surface area contributed by atoms with Crippen molar-refractivity contribution in [3.05, 3.63) is 24.3 Å². The third-order valence-electron chi connectivity index (χ3n) is 13.7. The van der Waals surface area contributed by atoms with Gasteiger partial charge in [-0.15, -0.1) is 0 Å². The van der Waals surface area contributed by atoms with E-state index in [1.165, 1.54) is 199 Å². The van der Waals surface area contributed by atoms with E-state index in [4.69, 9.17) is 9.05 Å². The Balaban J connectivity index is 3.96. The van der Waals surface area contributed by atoms with Crippen molar-refractivity contribution in [3.63, 3.8) is 0 Å². The fraction of sp³-hybridized carbons (Fsp3) is 0.915. The van der Waals surface area contributed by atoms with E-state index in [0.29, 0.717) is 23.9 Å². The Morgan fingerprint density at radius 3 is 1.26 bits per heavy atom. The number of aliphatic hydroxyl groups excluding tert-OH is 1. The van der Waals surface area contributed by atoms with Crippen molar-refractivity contribution in [3.8, 4) is 0 Å². The Hall–Kier alpha value is -1.02. The first-order valence-electron chi connectivity index (χ1n) is 29.7. The summed E-state index contributed by atoms with van der Waals surface area (Å²) >= 11 is 0. The van der Waals surface area contributed by atoms with Crippen LogP contribution in [0.2, 0.25) is 0 Å². The van der Waals surface area contributed by atoms with E-state index < -0.39 is 20.0 Å². The van der Waals surface area contributed by atoms with Crippen molar-refractivity contribution in [1.29, 1.82) is 0 Å². The smallest absolute Gasteiger partial charge is 0.391 e. The molecule has 0 spiro atoms. The van der Waals surface area contributed by atoms with Gasteiger partial charge in [-0.25, -0.2) is 4.57 Å². The number of unbranched alkanes of at least 4 members (excludes halogenated alkanes) is 38. The average Bonchev–Trinajstić information content (AvgIpc) is 3.30. The largest absolute Gasteiger partial charge is 0.472 e. The predicted octanol–water partition coefficient (Wildman–Crippen LogP) is 18.0. The number of hydrogen-bond donors (Lipinski definition) is 3. The van der Waals surface area contributed by atoms with Crippen LogP contribution in [0.1, 0.15) is 296 Å². The van der Waals surface area contributed by atoms with Crippen LogP contribution in [0, 0.1) is 0 Å². The highest BCUT2D eigenvalue weighted by atomic mass is 31.2. The highest BCUT2D eigenvalue weighted by Gasteiger charge is 2.28. The van der Waals surface area contributed by atoms with Gasteiger partial charge in [-0.2, -0.15) is 0 Å². The van der Waals surface area contributed by atoms with Gasteiger partial charge in [-0.05, 0) is 38.5 Å². The molecule has 404 valence electrons. The van der Waals surface area contributed by atoms with E-state index in [1.807, 2.05) is 21.1 Å². The zero-order chi connectivity index (χ0) is 49.9. The monoisotopic (exact) mass is 982 g/mol. The summed E-state index contributed by atoms with van der Waals surface area (Å²) in [5.41, 5.74) is 0. The van der Waals surface area contributed by atoms with Crippen LogP contribution in [0.25, 0.3) is 0 Å². The summed E-state index contributed by atoms with van der Waals surface area (Å²) in [4.78, 5) is 23.2. The Labute approximate surface area is 424 Å². The molecule has 0 aliphatic carbocycles. The van der Waals surface area contributed by atoms with Gasteiger partial charge in [0.25, 0.3) is 0 Å². The van der Waals surface area contributed by atoms with Crippen LogP contribution >= 0.6 is 7.82 Å². The molecule has 0 saturated heterocycles. The highest BCUT2D eigenvalue weighted by Crippen LogP contribution is 2.43. The number of quaternary nitrogens is 1. The van der Waals surface area contributed by atoms with Crippen LogP contribution in [0.4, 0.5) is 0 Å². The molecular formula is C59H118N2O6P+. The lowest BCUT2D eigenvalue weighted by molar-refractivity contribution is -0.870. The van der Waals surface area contributed by atoms with Gasteiger partial charge in [0.2, 0.25) is 5.91 Å². The minimum Gasteiger partial charge on any atom is -0.391 e. The fourth-order valence-corrected chi connectivity index (χ4v) is 9.77. The fourth-order valence-electron chi connectivity index (χ4n) is 9.03. The van der Waals surface area contributed by atoms with Gasteiger partial charge in [0.1, 0.15) is 13.2 Å². The zero-order valence-electron chi connectivity index (χ0n) is 46.1. The van der Waals surface area contributed by atoms with Crippen LogP contribution in [0.3, 0.4) is 0 Å². The summed E-state index contributed by atoms with van der Waals surface area (Å²) in [5, 5.41) is 14.0. The first-order valence-corrected chi connectivity index (χ1v) is 31.2. The maximum Gasteiger partial charge on any atom is 0.472 e. The van der Waals surface area contributed by atoms with Gasteiger partial charge >= 0.3 is 7.82 Å². The molecule has 0 rings (SSSR count). The summed E-state index contributed by atoms with van der Waals surface area (Å²) in [7, 11) is 1.61. The van der Waals surface area contributed by atoms with Gasteiger partial charge in [0.05, 0.1) is 39.9 Å². The van der Waals surface area contributed by atoms with E-state index in [9.17, 15) is 19.4 Å². The molecule has 0 fully saturated rings. The molecule has 0 saturated carbocycles. The number of aliphatic hydroxyl groups is 1. The van der Waals surface area contributed by atoms with E-state index in [1.54, 1.807) is 0 Å². The standard InChI is InChI=1S/C59H117N2O6P/c1-6-8-10-12-14-16-18-20-21-22-23-24-25-26-27-28-29-30-31-32-33-34-35-36-37-38-39-41-42-44-46-48-50-52-58(62)57(56-67-68(64,65)66-55-54-61(3,4)5)60-59(63)53-51-49-47-45-43-40-19-17-15-13-11-9-7-2/h11,13,17,19,57-58,62H,6-10,12,14-16,18,20-56H2,1-5H3,(H-,60,63,64,65)/p+1/b13-11-,19-17-. The van der Waals surface area contributed by atoms with E-state index >= 15 is 0 Å². The lowest BCUT2D eigenvalue weighted by atomic mass is 10.0. The number of amides is 1. The van der Waals surface area contributed by atoms with Crippen molar-refractivity contribution in [2.45, 2.75) is 309 Å². The van der Waals surface area contributed by atoms with Crippen molar-refractivity contribution in [2.75, 3.05) is 40.9 Å². The summed E-state index contributed by atoms with van der Waals surface area (Å²) in [5.74, 6) is -0.156. The molecule has 0 aromatic rings. The number of rotatable bonds is 55. The van der Waals surface area contributed by atoms with Gasteiger partial charge < -0.3 is 19.8 Å². The normalized spacial score (nSPS) is 14.0. The third-order valence-corrected chi connectivity index (χ3v) is 14.7. The molecule has 0 aromatic carbocycles. The van der Waals surface area contributed by atoms with Crippen LogP contribution in [-0.4, -0.2) is 73.4 Å². The van der Waals surface area contributed by atoms with Gasteiger partial charge in [-0.1, -0.05) is 276 Å². The molecule has 3 N–H and O–H groups in total. The topological polar surface area (TPSA) is 105 Å². The third kappa shape index (κ3) is 52.8. The van der Waals surface area contributed by atoms with E-state index in [0.717, 1.165) is 70.6 Å². The maximum atomic E-state index is 12.9. The van der Waals surface area contributed by atoms with Gasteiger partial charge in [-0.3, -0.25) is 13.8 Å². The lowest BCUT2D eigenvalue weighted by Gasteiger charge is -2.26. The number of phosphoric acid groups is 1. The molecule has 3 unspecified atom stereocenters. The molecule has 0 aliphatic rings. The molecule has 0 heterocycles. The number of hydrogen-bond acceptors (Lipinski definition) is 5. The molecule has 1 amide bonds. The first kappa shape index (κ1) is 67.0. The summed E-state index contributed by atoms with van der Waals surface area (Å²) in [6.45, 7) is 4.84. The molecule has 8 nitrogen and oxygen atoms in total. The second-order valence-corrected chi connectivity index (χ2v) is 23.2. The second-order valence-electron chi connectivity index (χ2n) is 21.7. The number of nitrogens with one attached hydrogen (secondary N) is 1. The van der Waals surface area contributed by atoms with Crippen molar-refractivity contribution in [2.24, 2.45) is 0 Å². The highest BCUT2D eigenvalue weighted by molar-refractivity contribution is 7.47. The summed E-state index contributed by atoms with van der Waals surface area (Å²) in [6, 6.07) is -0.767. The molecule has 0 aromatic heterocycles. The average molecular weight is 983 g/mol. The predicted molar refractivity (Wildman–Crippen MR) is 295 cm³/mol. The molecule has 9 heteroatoms. The van der Waals surface area contributed by atoms with E-state index in [2.05, 4.69) is 43.5 Å². The molecule has 0 radical (unpaired) electrons. The van der Waals surface area contributed by atoms with Gasteiger partial charge in [0, 0.05) is 6.42 Å². The van der Waals surface area contributed by atoms with Crippen molar-refractivity contribution < 1.29 is 32.9 Å². The Morgan fingerprint density at radius 1 is 0.500 bits per heavy atom. The summed E-state index contributed by atoms with van der Waals surface area (Å²) in [6.07, 6.45) is 64.1. The van der Waals surface area contributed by atoms with Crippen LogP contribution in [0.15, 0.2) is 24.3 Å². The lowest BCUT2D eigenvalue weighted by Crippen LogP contribution is -2.46. The molecular weight excluding hydrogens is 864 g/mol. The number of likely N-dealkylation sites (N-methyl/N-ethyl adjacent to an activating group) is 1. The minimum atomic E-state index is -4.32. The van der Waals surface area contributed by atoms with Crippen molar-refractivity contribution >= 4 is 13.7 Å². The molecule has 0 aliphatic heterocycles. The van der Waals surface area contributed by atoms with Crippen molar-refractivity contribution in [1.82, 2.24) is 5.32 Å². The van der Waals surface area contributed by atoms with Gasteiger partial charge in [0.15, 0.2) is 0 Å². The minimum absolute atomic E-state index is 0.0727. The maximum absolute atomic E-state index is 12.9. The van der Waals surface area contributed by atoms with E-state index in [-0.39, 0.29) is 19.1 Å². The quantitative estimate of drug-likeness (QED) is 0.0243. The Bertz CT molecular complexity index is 1160. The number of nitrogens with zero attached hydrogens (tertiary/aromatic N) is 1. The SMILES string of the molecule is CCC/C=C\C/C=C\CCCCCCCC(=O)NC(COP(=O)(O)OCC[N+](C)(C)C)C(O)CCCCCCCCCCCCCCCCCCCCCCCCCCCCCCCCCCC. The Kier molecular flexibility index (Phi) is 50.1. The van der Waals surface area contributed by atoms with Crippen LogP contribution in [0.5, 0.6) is 0 Å². The number of phosphoric ester groups is 1. The van der Waals surface area contributed by atoms with Crippen LogP contribution in [-0.2, 0) is 18.4 Å².